The molecule has 0 aliphatic carbocycles. The standard InChI is InChI=1S/C18H29N7O7/c1-8(2)14(17(30)23-11(18(31)32)4-13(20)27)25-16(29)12(6-26)24-15(28)10(19)3-9-5-21-7-22-9/h5,7-8,10-12,14,26H,3-4,6,19H2,1-2H3,(H2,20,27)(H,21,22)(H,23,30)(H,24,28)(H,25,29)(H,31,32). The minimum atomic E-state index is -1.58. The predicted octanol–water partition coefficient (Wildman–Crippen LogP) is -3.66. The molecule has 32 heavy (non-hydrogen) atoms. The Bertz CT molecular complexity index is 813. The zero-order valence-electron chi connectivity index (χ0n) is 17.7. The van der Waals surface area contributed by atoms with E-state index in [0.29, 0.717) is 5.69 Å². The number of amides is 4. The smallest absolute Gasteiger partial charge is 0.326 e. The van der Waals surface area contributed by atoms with Gasteiger partial charge in [0.05, 0.1) is 25.4 Å². The Labute approximate surface area is 183 Å². The molecule has 0 radical (unpaired) electrons. The number of carboxylic acid groups (broad SMARTS) is 1. The van der Waals surface area contributed by atoms with E-state index in [1.807, 2.05) is 0 Å². The Kier molecular flexibility index (Phi) is 10.2. The van der Waals surface area contributed by atoms with Crippen LogP contribution in [0.25, 0.3) is 0 Å². The number of aromatic amines is 1. The van der Waals surface area contributed by atoms with Crippen molar-refractivity contribution in [3.05, 3.63) is 18.2 Å². The number of nitrogens with zero attached hydrogens (tertiary/aromatic N) is 1. The van der Waals surface area contributed by atoms with Crippen LogP contribution in [0.2, 0.25) is 0 Å². The van der Waals surface area contributed by atoms with E-state index in [0.717, 1.165) is 0 Å². The first-order chi connectivity index (χ1) is 15.0. The van der Waals surface area contributed by atoms with E-state index in [2.05, 4.69) is 25.9 Å². The first-order valence-electron chi connectivity index (χ1n) is 9.72. The highest BCUT2D eigenvalue weighted by molar-refractivity contribution is 5.95. The molecule has 14 nitrogen and oxygen atoms in total. The number of aliphatic carboxylic acids is 1. The largest absolute Gasteiger partial charge is 0.480 e. The van der Waals surface area contributed by atoms with E-state index in [1.165, 1.54) is 12.5 Å². The van der Waals surface area contributed by atoms with Crippen molar-refractivity contribution < 1.29 is 34.2 Å². The minimum absolute atomic E-state index is 0.110. The summed E-state index contributed by atoms with van der Waals surface area (Å²) in [7, 11) is 0. The van der Waals surface area contributed by atoms with E-state index in [1.54, 1.807) is 13.8 Å². The number of hydrogen-bond acceptors (Lipinski definition) is 8. The maximum absolute atomic E-state index is 12.6. The summed E-state index contributed by atoms with van der Waals surface area (Å²) in [6.07, 6.45) is 2.37. The molecule has 0 bridgehead atoms. The normalized spacial score (nSPS) is 14.7. The first-order valence-corrected chi connectivity index (χ1v) is 9.72. The molecule has 0 saturated heterocycles. The number of aliphatic hydroxyl groups is 1. The van der Waals surface area contributed by atoms with Crippen LogP contribution < -0.4 is 27.4 Å². The fourth-order valence-corrected chi connectivity index (χ4v) is 2.65. The Morgan fingerprint density at radius 2 is 1.69 bits per heavy atom. The number of carbonyl (C=O) groups is 5. The Hall–Kier alpha value is -3.52. The lowest BCUT2D eigenvalue weighted by molar-refractivity contribution is -0.144. The van der Waals surface area contributed by atoms with E-state index in [9.17, 15) is 29.1 Å². The van der Waals surface area contributed by atoms with Gasteiger partial charge in [-0.25, -0.2) is 9.78 Å². The van der Waals surface area contributed by atoms with Crippen molar-refractivity contribution in [1.29, 1.82) is 0 Å². The van der Waals surface area contributed by atoms with Gasteiger partial charge in [0.15, 0.2) is 0 Å². The predicted molar refractivity (Wildman–Crippen MR) is 109 cm³/mol. The molecule has 10 N–H and O–H groups in total. The fraction of sp³-hybridized carbons (Fsp3) is 0.556. The molecule has 4 amide bonds. The van der Waals surface area contributed by atoms with Gasteiger partial charge in [-0.1, -0.05) is 13.8 Å². The van der Waals surface area contributed by atoms with Crippen LogP contribution >= 0.6 is 0 Å². The summed E-state index contributed by atoms with van der Waals surface area (Å²) in [5.41, 5.74) is 11.4. The van der Waals surface area contributed by atoms with Gasteiger partial charge in [-0.2, -0.15) is 0 Å². The molecule has 0 aliphatic heterocycles. The zero-order chi connectivity index (χ0) is 24.4. The number of nitrogens with two attached hydrogens (primary N) is 2. The van der Waals surface area contributed by atoms with E-state index in [4.69, 9.17) is 16.6 Å². The molecule has 1 heterocycles. The molecule has 178 valence electrons. The highest BCUT2D eigenvalue weighted by Crippen LogP contribution is 2.05. The second kappa shape index (κ2) is 12.4. The minimum Gasteiger partial charge on any atom is -0.480 e. The number of imidazole rings is 1. The van der Waals surface area contributed by atoms with Gasteiger partial charge in [-0.15, -0.1) is 0 Å². The highest BCUT2D eigenvalue weighted by atomic mass is 16.4. The number of rotatable bonds is 13. The molecular weight excluding hydrogens is 426 g/mol. The van der Waals surface area contributed by atoms with Gasteiger partial charge in [-0.05, 0) is 5.92 Å². The number of carboxylic acids is 1. The first kappa shape index (κ1) is 26.5. The van der Waals surface area contributed by atoms with Crippen LogP contribution in [0.15, 0.2) is 12.5 Å². The third-order valence-corrected chi connectivity index (χ3v) is 4.41. The number of hydrogen-bond donors (Lipinski definition) is 8. The Balaban J connectivity index is 2.78. The van der Waals surface area contributed by atoms with Crippen LogP contribution in [-0.2, 0) is 30.4 Å². The molecule has 0 fully saturated rings. The van der Waals surface area contributed by atoms with Gasteiger partial charge < -0.3 is 42.6 Å². The molecule has 0 saturated carbocycles. The zero-order valence-corrected chi connectivity index (χ0v) is 17.7. The maximum atomic E-state index is 12.6. The number of aromatic nitrogens is 2. The van der Waals surface area contributed by atoms with Crippen LogP contribution in [0.1, 0.15) is 26.0 Å². The second-order valence-corrected chi connectivity index (χ2v) is 7.43. The Morgan fingerprint density at radius 3 is 2.16 bits per heavy atom. The van der Waals surface area contributed by atoms with Crippen molar-refractivity contribution >= 4 is 29.6 Å². The third kappa shape index (κ3) is 8.31. The summed E-state index contributed by atoms with van der Waals surface area (Å²) >= 11 is 0. The van der Waals surface area contributed by atoms with Gasteiger partial charge >= 0.3 is 5.97 Å². The maximum Gasteiger partial charge on any atom is 0.326 e. The second-order valence-electron chi connectivity index (χ2n) is 7.43. The van der Waals surface area contributed by atoms with E-state index in [-0.39, 0.29) is 6.42 Å². The van der Waals surface area contributed by atoms with Gasteiger partial charge in [0, 0.05) is 18.3 Å². The number of primary amides is 1. The summed E-state index contributed by atoms with van der Waals surface area (Å²) in [5.74, 6) is -5.38. The summed E-state index contributed by atoms with van der Waals surface area (Å²) in [5, 5.41) is 25.5. The number of nitrogens with one attached hydrogen (secondary N) is 4. The average molecular weight is 455 g/mol. The summed E-state index contributed by atoms with van der Waals surface area (Å²) in [6, 6.07) is -5.24. The summed E-state index contributed by atoms with van der Waals surface area (Å²) in [6.45, 7) is 2.39. The molecule has 4 unspecified atom stereocenters. The van der Waals surface area contributed by atoms with Crippen molar-refractivity contribution in [1.82, 2.24) is 25.9 Å². The molecule has 1 aromatic rings. The lowest BCUT2D eigenvalue weighted by atomic mass is 10.0. The van der Waals surface area contributed by atoms with Crippen LogP contribution in [0.4, 0.5) is 0 Å². The monoisotopic (exact) mass is 455 g/mol. The molecule has 1 rings (SSSR count). The summed E-state index contributed by atoms with van der Waals surface area (Å²) < 4.78 is 0. The molecule has 0 spiro atoms. The third-order valence-electron chi connectivity index (χ3n) is 4.41. The SMILES string of the molecule is CC(C)C(NC(=O)C(CO)NC(=O)C(N)Cc1cnc[nH]1)C(=O)NC(CC(N)=O)C(=O)O. The highest BCUT2D eigenvalue weighted by Gasteiger charge is 2.32. The van der Waals surface area contributed by atoms with Crippen LogP contribution in [0.3, 0.4) is 0 Å². The van der Waals surface area contributed by atoms with Crippen LogP contribution in [-0.4, -0.2) is 80.6 Å². The molecular formula is C18H29N7O7. The molecule has 4 atom stereocenters. The van der Waals surface area contributed by atoms with Gasteiger partial charge in [0.25, 0.3) is 0 Å². The number of aliphatic hydroxyl groups excluding tert-OH is 1. The fourth-order valence-electron chi connectivity index (χ4n) is 2.65. The topological polar surface area (TPSA) is 243 Å². The van der Waals surface area contributed by atoms with Gasteiger partial charge in [0.2, 0.25) is 23.6 Å². The van der Waals surface area contributed by atoms with Crippen LogP contribution in [0, 0.1) is 5.92 Å². The molecule has 14 heteroatoms. The lowest BCUT2D eigenvalue weighted by Gasteiger charge is -2.26. The number of carbonyl (C=O) groups excluding carboxylic acids is 4. The lowest BCUT2D eigenvalue weighted by Crippen LogP contribution is -2.59. The quantitative estimate of drug-likeness (QED) is 0.146. The van der Waals surface area contributed by atoms with E-state index >= 15 is 0 Å². The number of H-pyrrole nitrogens is 1. The van der Waals surface area contributed by atoms with Crippen LogP contribution in [0.5, 0.6) is 0 Å². The van der Waals surface area contributed by atoms with Gasteiger partial charge in [-0.3, -0.25) is 19.2 Å². The summed E-state index contributed by atoms with van der Waals surface area (Å²) in [4.78, 5) is 66.2. The van der Waals surface area contributed by atoms with E-state index < -0.39 is 72.7 Å². The Morgan fingerprint density at radius 1 is 1.06 bits per heavy atom. The molecule has 0 aromatic carbocycles. The van der Waals surface area contributed by atoms with Gasteiger partial charge in [0.1, 0.15) is 18.1 Å². The molecule has 0 aliphatic rings. The van der Waals surface area contributed by atoms with Crippen molar-refractivity contribution in [2.75, 3.05) is 6.61 Å². The van der Waals surface area contributed by atoms with Crippen molar-refractivity contribution in [3.63, 3.8) is 0 Å². The average Bonchev–Trinajstić information content (AvgIpc) is 3.21. The molecule has 1 aromatic heterocycles. The van der Waals surface area contributed by atoms with Crippen molar-refractivity contribution in [3.8, 4) is 0 Å². The van der Waals surface area contributed by atoms with Crippen molar-refractivity contribution in [2.24, 2.45) is 17.4 Å². The van der Waals surface area contributed by atoms with Crippen molar-refractivity contribution in [2.45, 2.75) is 50.9 Å².